The highest BCUT2D eigenvalue weighted by Crippen LogP contribution is 2.35. The minimum absolute atomic E-state index is 0.0573. The van der Waals surface area contributed by atoms with E-state index in [0.717, 1.165) is 32.7 Å². The SMILES string of the molecule is O=C1/C(=C/c2ccccc2)COc2ccc3ccccc3c21.O=C1/C(=C/c2ccccc2)COc2ccc3ccccc3c21. The van der Waals surface area contributed by atoms with Gasteiger partial charge in [0.1, 0.15) is 24.7 Å². The molecule has 212 valence electrons. The number of ether oxygens (including phenoxy) is 2. The molecule has 8 rings (SSSR count). The number of fused-ring (bicyclic) bond motifs is 6. The molecule has 0 spiro atoms. The van der Waals surface area contributed by atoms with E-state index in [9.17, 15) is 9.59 Å². The van der Waals surface area contributed by atoms with E-state index in [1.54, 1.807) is 0 Å². The lowest BCUT2D eigenvalue weighted by Gasteiger charge is -2.20. The van der Waals surface area contributed by atoms with Crippen LogP contribution in [0.1, 0.15) is 31.8 Å². The predicted octanol–water partition coefficient (Wildman–Crippen LogP) is 9.00. The average molecular weight is 573 g/mol. The van der Waals surface area contributed by atoms with Crippen LogP contribution in [0.2, 0.25) is 0 Å². The summed E-state index contributed by atoms with van der Waals surface area (Å²) < 4.78 is 11.6. The molecule has 44 heavy (non-hydrogen) atoms. The van der Waals surface area contributed by atoms with E-state index in [1.165, 1.54) is 0 Å². The van der Waals surface area contributed by atoms with Crippen LogP contribution in [-0.4, -0.2) is 24.8 Å². The molecule has 2 aliphatic heterocycles. The van der Waals surface area contributed by atoms with Crippen molar-refractivity contribution in [2.24, 2.45) is 0 Å². The first-order valence-corrected chi connectivity index (χ1v) is 14.6. The average Bonchev–Trinajstić information content (AvgIpc) is 3.08. The molecule has 0 atom stereocenters. The molecule has 4 heteroatoms. The van der Waals surface area contributed by atoms with Crippen molar-refractivity contribution < 1.29 is 19.1 Å². The second kappa shape index (κ2) is 11.9. The van der Waals surface area contributed by atoms with Gasteiger partial charge in [-0.3, -0.25) is 9.59 Å². The fourth-order valence-corrected chi connectivity index (χ4v) is 5.69. The number of rotatable bonds is 2. The Morgan fingerprint density at radius 3 is 1.25 bits per heavy atom. The molecule has 0 radical (unpaired) electrons. The fourth-order valence-electron chi connectivity index (χ4n) is 5.69. The zero-order chi connectivity index (χ0) is 29.9. The summed E-state index contributed by atoms with van der Waals surface area (Å²) >= 11 is 0. The minimum Gasteiger partial charge on any atom is -0.488 e. The summed E-state index contributed by atoms with van der Waals surface area (Å²) in [7, 11) is 0. The van der Waals surface area contributed by atoms with Gasteiger partial charge in [-0.2, -0.15) is 0 Å². The Morgan fingerprint density at radius 1 is 0.432 bits per heavy atom. The van der Waals surface area contributed by atoms with E-state index in [2.05, 4.69) is 0 Å². The Balaban J connectivity index is 0.000000142. The molecular formula is C40H28O4. The van der Waals surface area contributed by atoms with E-state index < -0.39 is 0 Å². The number of hydrogen-bond acceptors (Lipinski definition) is 4. The van der Waals surface area contributed by atoms with Gasteiger partial charge in [0.15, 0.2) is 11.6 Å². The Bertz CT molecular complexity index is 1940. The minimum atomic E-state index is 0.0573. The molecule has 0 fully saturated rings. The van der Waals surface area contributed by atoms with Gasteiger partial charge < -0.3 is 9.47 Å². The van der Waals surface area contributed by atoms with Crippen molar-refractivity contribution in [1.82, 2.24) is 0 Å². The van der Waals surface area contributed by atoms with Gasteiger partial charge in [0.25, 0.3) is 0 Å². The highest BCUT2D eigenvalue weighted by Gasteiger charge is 2.26. The lowest BCUT2D eigenvalue weighted by molar-refractivity contribution is 0.0994. The second-order valence-electron chi connectivity index (χ2n) is 10.7. The van der Waals surface area contributed by atoms with Crippen LogP contribution in [0.3, 0.4) is 0 Å². The molecule has 6 aromatic rings. The maximum absolute atomic E-state index is 12.9. The molecule has 0 aliphatic carbocycles. The maximum atomic E-state index is 12.9. The highest BCUT2D eigenvalue weighted by atomic mass is 16.5. The van der Waals surface area contributed by atoms with Crippen LogP contribution < -0.4 is 9.47 Å². The Kier molecular flexibility index (Phi) is 7.31. The summed E-state index contributed by atoms with van der Waals surface area (Å²) in [5.41, 5.74) is 4.75. The van der Waals surface area contributed by atoms with Crippen molar-refractivity contribution in [1.29, 1.82) is 0 Å². The van der Waals surface area contributed by atoms with Crippen molar-refractivity contribution in [2.45, 2.75) is 0 Å². The van der Waals surface area contributed by atoms with Crippen LogP contribution in [0.25, 0.3) is 33.7 Å². The molecule has 0 saturated carbocycles. The van der Waals surface area contributed by atoms with Gasteiger partial charge in [-0.05, 0) is 57.0 Å². The van der Waals surface area contributed by atoms with Gasteiger partial charge in [-0.15, -0.1) is 0 Å². The van der Waals surface area contributed by atoms with Gasteiger partial charge in [-0.25, -0.2) is 0 Å². The number of benzene rings is 6. The van der Waals surface area contributed by atoms with Crippen LogP contribution in [0, 0.1) is 0 Å². The lowest BCUT2D eigenvalue weighted by atomic mass is 9.93. The van der Waals surface area contributed by atoms with Crippen LogP contribution >= 0.6 is 0 Å². The van der Waals surface area contributed by atoms with E-state index in [1.807, 2.05) is 146 Å². The topological polar surface area (TPSA) is 52.6 Å². The quantitative estimate of drug-likeness (QED) is 0.194. The third kappa shape index (κ3) is 5.30. The predicted molar refractivity (Wildman–Crippen MR) is 176 cm³/mol. The largest absolute Gasteiger partial charge is 0.488 e. The van der Waals surface area contributed by atoms with Gasteiger partial charge in [0.2, 0.25) is 0 Å². The molecule has 2 aliphatic rings. The van der Waals surface area contributed by atoms with Crippen molar-refractivity contribution in [3.8, 4) is 11.5 Å². The summed E-state index contributed by atoms with van der Waals surface area (Å²) in [6.45, 7) is 0.637. The van der Waals surface area contributed by atoms with Crippen LogP contribution in [-0.2, 0) is 0 Å². The monoisotopic (exact) mass is 572 g/mol. The summed E-state index contributed by atoms with van der Waals surface area (Å²) in [6, 6.07) is 43.3. The molecule has 0 saturated heterocycles. The number of hydrogen-bond donors (Lipinski definition) is 0. The third-order valence-corrected chi connectivity index (χ3v) is 7.87. The lowest BCUT2D eigenvalue weighted by Crippen LogP contribution is -2.19. The van der Waals surface area contributed by atoms with Crippen molar-refractivity contribution in [3.05, 3.63) is 167 Å². The smallest absolute Gasteiger partial charge is 0.196 e. The van der Waals surface area contributed by atoms with Crippen LogP contribution in [0.5, 0.6) is 11.5 Å². The van der Waals surface area contributed by atoms with Crippen molar-refractivity contribution >= 4 is 45.3 Å². The van der Waals surface area contributed by atoms with Crippen LogP contribution in [0.15, 0.2) is 145 Å². The van der Waals surface area contributed by atoms with Crippen molar-refractivity contribution in [2.75, 3.05) is 13.2 Å². The zero-order valence-corrected chi connectivity index (χ0v) is 23.9. The van der Waals surface area contributed by atoms with E-state index >= 15 is 0 Å². The van der Waals surface area contributed by atoms with Gasteiger partial charge in [-0.1, -0.05) is 121 Å². The molecule has 0 N–H and O–H groups in total. The normalized spacial score (nSPS) is 15.6. The van der Waals surface area contributed by atoms with Gasteiger partial charge >= 0.3 is 0 Å². The summed E-state index contributed by atoms with van der Waals surface area (Å²) in [5.74, 6) is 1.46. The van der Waals surface area contributed by atoms with Gasteiger partial charge in [0, 0.05) is 11.1 Å². The first-order valence-electron chi connectivity index (χ1n) is 14.6. The van der Waals surface area contributed by atoms with Crippen LogP contribution in [0.4, 0.5) is 0 Å². The summed E-state index contributed by atoms with van der Waals surface area (Å²) in [6.07, 6.45) is 3.82. The highest BCUT2D eigenvalue weighted by molar-refractivity contribution is 6.21. The standard InChI is InChI=1S/2C20H14O2/c2*21-20-16(12-14-6-2-1-3-7-14)13-22-18-11-10-15-8-4-5-9-17(15)19(18)20/h2*1-12H,13H2/b2*16-12+. The van der Waals surface area contributed by atoms with E-state index in [0.29, 0.717) is 47.0 Å². The third-order valence-electron chi connectivity index (χ3n) is 7.87. The second-order valence-corrected chi connectivity index (χ2v) is 10.7. The first-order chi connectivity index (χ1) is 21.7. The first kappa shape index (κ1) is 27.1. The molecule has 0 aromatic heterocycles. The molecule has 4 nitrogen and oxygen atoms in total. The molecule has 0 bridgehead atoms. The van der Waals surface area contributed by atoms with E-state index in [4.69, 9.17) is 9.47 Å². The molecule has 0 unspecified atom stereocenters. The van der Waals surface area contributed by atoms with Crippen molar-refractivity contribution in [3.63, 3.8) is 0 Å². The number of carbonyl (C=O) groups is 2. The molecule has 6 aromatic carbocycles. The molecular weight excluding hydrogens is 544 g/mol. The summed E-state index contributed by atoms with van der Waals surface area (Å²) in [5, 5.41) is 4.01. The Hall–Kier alpha value is -5.74. The number of carbonyl (C=O) groups excluding carboxylic acids is 2. The Labute approximate surface area is 255 Å². The zero-order valence-electron chi connectivity index (χ0n) is 23.9. The van der Waals surface area contributed by atoms with E-state index in [-0.39, 0.29) is 11.6 Å². The maximum Gasteiger partial charge on any atom is 0.196 e. The summed E-state index contributed by atoms with van der Waals surface area (Å²) in [4.78, 5) is 25.8. The fraction of sp³-hybridized carbons (Fsp3) is 0.0500. The number of ketones is 2. The van der Waals surface area contributed by atoms with Gasteiger partial charge in [0.05, 0.1) is 11.1 Å². The Morgan fingerprint density at radius 2 is 0.818 bits per heavy atom. The molecule has 2 heterocycles. The molecule has 0 amide bonds. The number of Topliss-reactive ketones (excluding diaryl/α,β-unsaturated/α-hetero) is 2.